The second-order valence-electron chi connectivity index (χ2n) is 5.71. The van der Waals surface area contributed by atoms with Gasteiger partial charge < -0.3 is 19.1 Å². The number of aliphatic hydroxyl groups is 1. The fourth-order valence-corrected chi connectivity index (χ4v) is 2.44. The number of likely N-dealkylation sites (tertiary alicyclic amines) is 1. The number of allylic oxidation sites excluding steroid dienone is 4. The highest BCUT2D eigenvalue weighted by molar-refractivity contribution is 5.93. The number of hydrazine groups is 1. The third kappa shape index (κ3) is 4.37. The highest BCUT2D eigenvalue weighted by atomic mass is 16.5. The van der Waals surface area contributed by atoms with E-state index in [0.717, 1.165) is 0 Å². The van der Waals surface area contributed by atoms with Crippen molar-refractivity contribution in [1.82, 2.24) is 20.2 Å². The van der Waals surface area contributed by atoms with Gasteiger partial charge in [0.15, 0.2) is 17.3 Å². The molecule has 2 aromatic rings. The second kappa shape index (κ2) is 9.03. The maximum atomic E-state index is 12.4. The molecule has 1 aliphatic rings. The number of carbonyl (C=O) groups excluding carboxylic acids is 1. The summed E-state index contributed by atoms with van der Waals surface area (Å²) in [6, 6.07) is 1.57. The quantitative estimate of drug-likeness (QED) is 0.380. The monoisotopic (exact) mass is 374 g/mol. The number of hydrogen-bond donors (Lipinski definition) is 3. The molecular formula is C17H22N6O4. The summed E-state index contributed by atoms with van der Waals surface area (Å²) in [7, 11) is 0. The van der Waals surface area contributed by atoms with E-state index in [9.17, 15) is 9.90 Å². The fourth-order valence-electron chi connectivity index (χ4n) is 2.44. The summed E-state index contributed by atoms with van der Waals surface area (Å²) in [6.07, 6.45) is 4.14. The van der Waals surface area contributed by atoms with E-state index in [1.54, 1.807) is 36.1 Å². The minimum absolute atomic E-state index is 0.0419. The van der Waals surface area contributed by atoms with Crippen LogP contribution in [0.1, 0.15) is 46.9 Å². The minimum Gasteiger partial charge on any atom is -0.385 e. The Labute approximate surface area is 155 Å². The van der Waals surface area contributed by atoms with Crippen molar-refractivity contribution in [3.05, 3.63) is 60.6 Å². The highest BCUT2D eigenvalue weighted by Gasteiger charge is 2.37. The summed E-state index contributed by atoms with van der Waals surface area (Å²) in [5.41, 5.74) is 0.917. The van der Waals surface area contributed by atoms with Gasteiger partial charge in [-0.3, -0.25) is 16.5 Å². The Morgan fingerprint density at radius 1 is 1.37 bits per heavy atom. The lowest BCUT2D eigenvalue weighted by atomic mass is 9.99. The Morgan fingerprint density at radius 2 is 2.07 bits per heavy atom. The highest BCUT2D eigenvalue weighted by Crippen LogP contribution is 2.28. The summed E-state index contributed by atoms with van der Waals surface area (Å²) < 4.78 is 10.3. The lowest BCUT2D eigenvalue weighted by Gasteiger charge is -2.36. The summed E-state index contributed by atoms with van der Waals surface area (Å²) in [4.78, 5) is 18.2. The minimum atomic E-state index is -0.786. The molecule has 10 heteroatoms. The first kappa shape index (κ1) is 20.2. The zero-order chi connectivity index (χ0) is 20.0. The molecule has 144 valence electrons. The van der Waals surface area contributed by atoms with Crippen molar-refractivity contribution in [2.24, 2.45) is 11.7 Å². The van der Waals surface area contributed by atoms with Crippen LogP contribution in [0.5, 0.6) is 0 Å². The number of aromatic nitrogens is 3. The van der Waals surface area contributed by atoms with Gasteiger partial charge in [0.1, 0.15) is 6.10 Å². The molecule has 1 saturated heterocycles. The van der Waals surface area contributed by atoms with Crippen molar-refractivity contribution in [3.8, 4) is 0 Å². The van der Waals surface area contributed by atoms with Gasteiger partial charge in [0.05, 0.1) is 5.92 Å². The molecule has 0 aliphatic carbocycles. The molecule has 1 atom stereocenters. The average molecular weight is 374 g/mol. The Kier molecular flexibility index (Phi) is 6.77. The molecule has 0 radical (unpaired) electrons. The molecule has 2 aromatic heterocycles. The normalized spacial score (nSPS) is 15.4. The topological polar surface area (TPSA) is 158 Å². The first-order valence-corrected chi connectivity index (χ1v) is 8.10. The van der Waals surface area contributed by atoms with Crippen LogP contribution in [0.4, 0.5) is 0 Å². The van der Waals surface area contributed by atoms with E-state index in [-0.39, 0.29) is 23.3 Å². The van der Waals surface area contributed by atoms with Crippen molar-refractivity contribution < 1.29 is 18.9 Å². The van der Waals surface area contributed by atoms with E-state index < -0.39 is 6.10 Å². The maximum absolute atomic E-state index is 12.4. The molecule has 0 bridgehead atoms. The van der Waals surface area contributed by atoms with Crippen molar-refractivity contribution in [2.45, 2.75) is 18.9 Å². The van der Waals surface area contributed by atoms with Crippen LogP contribution < -0.4 is 11.7 Å². The van der Waals surface area contributed by atoms with Crippen LogP contribution in [0.15, 0.2) is 46.5 Å². The number of nitrogens with zero attached hydrogens (tertiary/aromatic N) is 4. The predicted octanol–water partition coefficient (Wildman–Crippen LogP) is 0.925. The number of hydrogen-bond acceptors (Lipinski definition) is 9. The zero-order valence-electron chi connectivity index (χ0n) is 14.9. The molecule has 0 aromatic carbocycles. The lowest BCUT2D eigenvalue weighted by molar-refractivity contribution is 0.0558. The molecule has 27 heavy (non-hydrogen) atoms. The van der Waals surface area contributed by atoms with Crippen molar-refractivity contribution in [3.63, 3.8) is 0 Å². The number of nitrogens with two attached hydrogens (primary N) is 2. The number of rotatable bonds is 6. The number of aliphatic hydroxyl groups excluding tert-OH is 1. The van der Waals surface area contributed by atoms with Gasteiger partial charge in [-0.15, -0.1) is 0 Å². The molecule has 1 unspecified atom stereocenters. The molecule has 0 saturated carbocycles. The SMILES string of the molecule is C=C/C=C(\C=C)c1cc(C(=O)N2CC(c3nc(C(C)O)no3)C2)no1.NN. The van der Waals surface area contributed by atoms with Gasteiger partial charge in [-0.25, -0.2) is 0 Å². The number of carbonyl (C=O) groups is 1. The van der Waals surface area contributed by atoms with E-state index in [2.05, 4.69) is 40.1 Å². The average Bonchev–Trinajstić information content (AvgIpc) is 3.30. The van der Waals surface area contributed by atoms with E-state index in [0.29, 0.717) is 30.3 Å². The fraction of sp³-hybridized carbons (Fsp3) is 0.294. The number of amides is 1. The van der Waals surface area contributed by atoms with E-state index in [1.807, 2.05) is 0 Å². The van der Waals surface area contributed by atoms with Gasteiger partial charge in [0.25, 0.3) is 5.91 Å². The molecular weight excluding hydrogens is 352 g/mol. The van der Waals surface area contributed by atoms with Crippen LogP contribution in [0.2, 0.25) is 0 Å². The van der Waals surface area contributed by atoms with Gasteiger partial charge in [-0.05, 0) is 6.92 Å². The Bertz CT molecular complexity index is 832. The van der Waals surface area contributed by atoms with Crippen LogP contribution >= 0.6 is 0 Å². The first-order chi connectivity index (χ1) is 13.0. The second-order valence-corrected chi connectivity index (χ2v) is 5.71. The van der Waals surface area contributed by atoms with Gasteiger partial charge in [0.2, 0.25) is 5.89 Å². The molecule has 3 heterocycles. The molecule has 1 amide bonds. The lowest BCUT2D eigenvalue weighted by Crippen LogP contribution is -2.48. The summed E-state index contributed by atoms with van der Waals surface area (Å²) in [5.74, 6) is 8.84. The molecule has 3 rings (SSSR count). The van der Waals surface area contributed by atoms with Gasteiger partial charge in [-0.2, -0.15) is 4.98 Å². The molecule has 1 aliphatic heterocycles. The molecule has 0 spiro atoms. The predicted molar refractivity (Wildman–Crippen MR) is 96.8 cm³/mol. The largest absolute Gasteiger partial charge is 0.385 e. The summed E-state index contributed by atoms with van der Waals surface area (Å²) in [6.45, 7) is 9.76. The van der Waals surface area contributed by atoms with Crippen LogP contribution in [-0.2, 0) is 0 Å². The van der Waals surface area contributed by atoms with E-state index in [4.69, 9.17) is 9.05 Å². The maximum Gasteiger partial charge on any atom is 0.276 e. The van der Waals surface area contributed by atoms with Crippen LogP contribution in [0.3, 0.4) is 0 Å². The Hall–Kier alpha value is -3.08. The van der Waals surface area contributed by atoms with Crippen LogP contribution in [0, 0.1) is 0 Å². The Morgan fingerprint density at radius 3 is 2.63 bits per heavy atom. The van der Waals surface area contributed by atoms with E-state index in [1.165, 1.54) is 0 Å². The molecule has 10 nitrogen and oxygen atoms in total. The van der Waals surface area contributed by atoms with E-state index >= 15 is 0 Å². The van der Waals surface area contributed by atoms with Gasteiger partial charge in [-0.1, -0.05) is 41.7 Å². The van der Waals surface area contributed by atoms with Crippen molar-refractivity contribution >= 4 is 11.5 Å². The standard InChI is InChI=1S/C17H18N4O4.H4N2/c1-4-6-11(5-2)14-7-13(19-24-14)17(23)21-8-12(9-21)16-18-15(10(3)22)20-25-16;1-2/h4-7,10,12,22H,1-2,8-9H2,3H3;1-2H2/b11-6+;. The molecule has 1 fully saturated rings. The summed E-state index contributed by atoms with van der Waals surface area (Å²) in [5, 5.41) is 16.9. The van der Waals surface area contributed by atoms with Crippen LogP contribution in [-0.4, -0.2) is 44.3 Å². The summed E-state index contributed by atoms with van der Waals surface area (Å²) >= 11 is 0. The first-order valence-electron chi connectivity index (χ1n) is 8.10. The van der Waals surface area contributed by atoms with Crippen molar-refractivity contribution in [1.29, 1.82) is 0 Å². The third-order valence-electron chi connectivity index (χ3n) is 3.88. The smallest absolute Gasteiger partial charge is 0.276 e. The zero-order valence-corrected chi connectivity index (χ0v) is 14.9. The third-order valence-corrected chi connectivity index (χ3v) is 3.88. The van der Waals surface area contributed by atoms with Gasteiger partial charge >= 0.3 is 0 Å². The van der Waals surface area contributed by atoms with Gasteiger partial charge in [0, 0.05) is 24.7 Å². The van der Waals surface area contributed by atoms with Crippen LogP contribution in [0.25, 0.3) is 5.57 Å². The Balaban J connectivity index is 0.00000126. The van der Waals surface area contributed by atoms with Crippen molar-refractivity contribution in [2.75, 3.05) is 13.1 Å². The molecule has 5 N–H and O–H groups in total.